The van der Waals surface area contributed by atoms with Crippen molar-refractivity contribution in [1.82, 2.24) is 14.8 Å². The predicted octanol–water partition coefficient (Wildman–Crippen LogP) is 4.86. The summed E-state index contributed by atoms with van der Waals surface area (Å²) >= 11 is 7.37. The fourth-order valence-corrected chi connectivity index (χ4v) is 3.60. The first kappa shape index (κ1) is 16.9. The molecule has 0 amide bonds. The van der Waals surface area contributed by atoms with Crippen LogP contribution in [0, 0.1) is 0 Å². The van der Waals surface area contributed by atoms with Gasteiger partial charge in [-0.3, -0.25) is 4.79 Å². The van der Waals surface area contributed by atoms with Gasteiger partial charge in [0.2, 0.25) is 0 Å². The molecule has 0 bridgehead atoms. The molecule has 0 aliphatic carbocycles. The fourth-order valence-electron chi connectivity index (χ4n) is 2.62. The van der Waals surface area contributed by atoms with E-state index in [-0.39, 0.29) is 5.78 Å². The Kier molecular flexibility index (Phi) is 4.53. The van der Waals surface area contributed by atoms with Crippen LogP contribution >= 0.6 is 23.4 Å². The minimum Gasteiger partial charge on any atom is -0.453 e. The highest BCUT2D eigenvalue weighted by Gasteiger charge is 2.17. The zero-order valence-corrected chi connectivity index (χ0v) is 15.4. The molecule has 2 aromatic carbocycles. The lowest BCUT2D eigenvalue weighted by atomic mass is 10.2. The Morgan fingerprint density at radius 3 is 2.77 bits per heavy atom. The van der Waals surface area contributed by atoms with Gasteiger partial charge in [0.05, 0.1) is 5.75 Å². The molecule has 0 spiro atoms. The molecule has 0 aliphatic rings. The third-order valence-corrected chi connectivity index (χ3v) is 5.22. The maximum Gasteiger partial charge on any atom is 0.200 e. The number of hydrogen-bond donors (Lipinski definition) is 0. The number of hydrogen-bond acceptors (Lipinski definition) is 5. The molecule has 0 radical (unpaired) electrons. The maximum absolute atomic E-state index is 12.2. The zero-order chi connectivity index (χ0) is 18.1. The average Bonchev–Trinajstić information content (AvgIpc) is 3.23. The number of furan rings is 1. The third kappa shape index (κ3) is 3.25. The van der Waals surface area contributed by atoms with E-state index in [1.54, 1.807) is 6.07 Å². The first-order valence-electron chi connectivity index (χ1n) is 7.92. The van der Waals surface area contributed by atoms with Crippen LogP contribution in [0.5, 0.6) is 0 Å². The van der Waals surface area contributed by atoms with Gasteiger partial charge >= 0.3 is 0 Å². The number of ketones is 1. The van der Waals surface area contributed by atoms with Crippen LogP contribution in [-0.2, 0) is 7.05 Å². The highest BCUT2D eigenvalue weighted by atomic mass is 35.5. The largest absolute Gasteiger partial charge is 0.453 e. The minimum absolute atomic E-state index is 0.0542. The Balaban J connectivity index is 1.55. The number of halogens is 1. The predicted molar refractivity (Wildman–Crippen MR) is 103 cm³/mol. The van der Waals surface area contributed by atoms with Crippen LogP contribution in [0.1, 0.15) is 10.4 Å². The minimum atomic E-state index is 0.0542. The summed E-state index contributed by atoms with van der Waals surface area (Å²) in [4.78, 5) is 12.2. The summed E-state index contributed by atoms with van der Waals surface area (Å²) in [5.74, 6) is 1.56. The Labute approximate surface area is 159 Å². The van der Waals surface area contributed by atoms with Crippen molar-refractivity contribution in [3.63, 3.8) is 0 Å². The topological polar surface area (TPSA) is 60.9 Å². The van der Waals surface area contributed by atoms with E-state index in [0.717, 1.165) is 11.0 Å². The first-order valence-corrected chi connectivity index (χ1v) is 9.28. The average molecular weight is 384 g/mol. The van der Waals surface area contributed by atoms with Gasteiger partial charge in [-0.05, 0) is 24.3 Å². The zero-order valence-electron chi connectivity index (χ0n) is 13.8. The molecule has 2 heterocycles. The molecule has 0 saturated carbocycles. The van der Waals surface area contributed by atoms with Crippen LogP contribution in [-0.4, -0.2) is 26.3 Å². The third-order valence-electron chi connectivity index (χ3n) is 3.96. The standard InChI is InChI=1S/C19H14ClN3O2S/c1-23-18(17-10-13-9-14(20)7-8-16(13)25-17)21-22-19(23)26-11-15(24)12-5-3-2-4-6-12/h2-10H,11H2,1H3. The molecular weight excluding hydrogens is 370 g/mol. The number of carbonyl (C=O) groups is 1. The molecule has 0 unspecified atom stereocenters. The summed E-state index contributed by atoms with van der Waals surface area (Å²) in [5, 5.41) is 10.6. The second-order valence-corrected chi connectivity index (χ2v) is 7.11. The van der Waals surface area contributed by atoms with E-state index in [9.17, 15) is 4.79 Å². The molecule has 4 rings (SSSR count). The molecule has 5 nitrogen and oxygen atoms in total. The molecule has 0 atom stereocenters. The normalized spacial score (nSPS) is 11.2. The lowest BCUT2D eigenvalue weighted by molar-refractivity contribution is 0.102. The molecule has 4 aromatic rings. The van der Waals surface area contributed by atoms with Crippen LogP contribution < -0.4 is 0 Å². The highest BCUT2D eigenvalue weighted by Crippen LogP contribution is 2.30. The number of Topliss-reactive ketones (excluding diaryl/α,β-unsaturated/α-hetero) is 1. The monoisotopic (exact) mass is 383 g/mol. The molecule has 130 valence electrons. The van der Waals surface area contributed by atoms with Crippen molar-refractivity contribution in [3.8, 4) is 11.6 Å². The van der Waals surface area contributed by atoms with Gasteiger partial charge in [-0.15, -0.1) is 10.2 Å². The Morgan fingerprint density at radius 1 is 1.15 bits per heavy atom. The van der Waals surface area contributed by atoms with Gasteiger partial charge in [-0.1, -0.05) is 53.7 Å². The van der Waals surface area contributed by atoms with Crippen molar-refractivity contribution < 1.29 is 9.21 Å². The second-order valence-electron chi connectivity index (χ2n) is 5.74. The summed E-state index contributed by atoms with van der Waals surface area (Å²) in [6.07, 6.45) is 0. The number of carbonyl (C=O) groups excluding carboxylic acids is 1. The molecular formula is C19H14ClN3O2S. The second kappa shape index (κ2) is 6.97. The van der Waals surface area contributed by atoms with E-state index in [4.69, 9.17) is 16.0 Å². The van der Waals surface area contributed by atoms with Crippen LogP contribution in [0.2, 0.25) is 5.02 Å². The lowest BCUT2D eigenvalue weighted by Gasteiger charge is -2.02. The summed E-state index contributed by atoms with van der Waals surface area (Å²) in [6.45, 7) is 0. The SMILES string of the molecule is Cn1c(SCC(=O)c2ccccc2)nnc1-c1cc2cc(Cl)ccc2o1. The van der Waals surface area contributed by atoms with Crippen LogP contribution in [0.3, 0.4) is 0 Å². The molecule has 26 heavy (non-hydrogen) atoms. The maximum atomic E-state index is 12.2. The first-order chi connectivity index (χ1) is 12.6. The lowest BCUT2D eigenvalue weighted by Crippen LogP contribution is -2.03. The van der Waals surface area contributed by atoms with Gasteiger partial charge < -0.3 is 8.98 Å². The number of thioether (sulfide) groups is 1. The number of rotatable bonds is 5. The molecule has 0 aliphatic heterocycles. The highest BCUT2D eigenvalue weighted by molar-refractivity contribution is 7.99. The number of aromatic nitrogens is 3. The smallest absolute Gasteiger partial charge is 0.200 e. The van der Waals surface area contributed by atoms with Crippen molar-refractivity contribution in [2.24, 2.45) is 7.05 Å². The van der Waals surface area contributed by atoms with Crippen LogP contribution in [0.4, 0.5) is 0 Å². The van der Waals surface area contributed by atoms with Crippen molar-refractivity contribution in [3.05, 3.63) is 65.2 Å². The molecule has 7 heteroatoms. The molecule has 0 fully saturated rings. The van der Waals surface area contributed by atoms with Gasteiger partial charge in [-0.2, -0.15) is 0 Å². The van der Waals surface area contributed by atoms with Crippen molar-refractivity contribution in [2.45, 2.75) is 5.16 Å². The van der Waals surface area contributed by atoms with E-state index < -0.39 is 0 Å². The van der Waals surface area contributed by atoms with Crippen molar-refractivity contribution in [2.75, 3.05) is 5.75 Å². The Morgan fingerprint density at radius 2 is 1.96 bits per heavy atom. The van der Waals surface area contributed by atoms with E-state index in [0.29, 0.717) is 33.1 Å². The molecule has 0 saturated heterocycles. The van der Waals surface area contributed by atoms with E-state index in [1.807, 2.05) is 60.1 Å². The number of fused-ring (bicyclic) bond motifs is 1. The quantitative estimate of drug-likeness (QED) is 0.364. The van der Waals surface area contributed by atoms with E-state index in [1.165, 1.54) is 11.8 Å². The number of benzene rings is 2. The molecule has 2 aromatic heterocycles. The summed E-state index contributed by atoms with van der Waals surface area (Å²) < 4.78 is 7.66. The van der Waals surface area contributed by atoms with Gasteiger partial charge in [0.1, 0.15) is 5.58 Å². The van der Waals surface area contributed by atoms with Gasteiger partial charge in [0.25, 0.3) is 0 Å². The molecule has 0 N–H and O–H groups in total. The summed E-state index contributed by atoms with van der Waals surface area (Å²) in [6, 6.07) is 16.5. The Bertz CT molecular complexity index is 1090. The van der Waals surface area contributed by atoms with E-state index >= 15 is 0 Å². The number of nitrogens with zero attached hydrogens (tertiary/aromatic N) is 3. The summed E-state index contributed by atoms with van der Waals surface area (Å²) in [7, 11) is 1.85. The van der Waals surface area contributed by atoms with Crippen LogP contribution in [0.15, 0.2) is 64.2 Å². The van der Waals surface area contributed by atoms with Gasteiger partial charge in [0, 0.05) is 23.0 Å². The Hall–Kier alpha value is -2.57. The van der Waals surface area contributed by atoms with Crippen LogP contribution in [0.25, 0.3) is 22.6 Å². The van der Waals surface area contributed by atoms with Crippen molar-refractivity contribution >= 4 is 40.1 Å². The fraction of sp³-hybridized carbons (Fsp3) is 0.105. The van der Waals surface area contributed by atoms with E-state index in [2.05, 4.69) is 10.2 Å². The summed E-state index contributed by atoms with van der Waals surface area (Å²) in [5.41, 5.74) is 1.43. The van der Waals surface area contributed by atoms with Gasteiger partial charge in [0.15, 0.2) is 22.5 Å². The van der Waals surface area contributed by atoms with Gasteiger partial charge in [-0.25, -0.2) is 0 Å². The van der Waals surface area contributed by atoms with Crippen molar-refractivity contribution in [1.29, 1.82) is 0 Å².